The van der Waals surface area contributed by atoms with E-state index in [1.807, 2.05) is 25.1 Å². The molecule has 208 valence electrons. The van der Waals surface area contributed by atoms with Crippen molar-refractivity contribution in [2.45, 2.75) is 18.4 Å². The van der Waals surface area contributed by atoms with Gasteiger partial charge in [-0.25, -0.2) is 13.4 Å². The van der Waals surface area contributed by atoms with Crippen LogP contribution in [-0.4, -0.2) is 70.7 Å². The summed E-state index contributed by atoms with van der Waals surface area (Å²) in [7, 11) is -0.794. The molecule has 2 aromatic heterocycles. The molecule has 10 nitrogen and oxygen atoms in total. The summed E-state index contributed by atoms with van der Waals surface area (Å²) in [5.74, 6) is 0.880. The Hall–Kier alpha value is -3.29. The van der Waals surface area contributed by atoms with Gasteiger partial charge in [-0.2, -0.15) is 4.31 Å². The van der Waals surface area contributed by atoms with E-state index in [9.17, 15) is 13.2 Å². The monoisotopic (exact) mass is 573 g/mol. The number of rotatable bonds is 14. The van der Waals surface area contributed by atoms with Crippen molar-refractivity contribution in [3.05, 3.63) is 72.2 Å². The lowest BCUT2D eigenvalue weighted by Gasteiger charge is -2.22. The van der Waals surface area contributed by atoms with Gasteiger partial charge in [0.25, 0.3) is 5.91 Å². The second-order valence-corrected chi connectivity index (χ2v) is 11.4. The number of carbonyl (C=O) groups is 1. The van der Waals surface area contributed by atoms with Crippen LogP contribution >= 0.6 is 11.3 Å². The van der Waals surface area contributed by atoms with E-state index in [4.69, 9.17) is 23.6 Å². The number of sulfonamides is 1. The molecule has 0 unspecified atom stereocenters. The Morgan fingerprint density at radius 3 is 2.33 bits per heavy atom. The van der Waals surface area contributed by atoms with E-state index in [-0.39, 0.29) is 43.7 Å². The fourth-order valence-corrected chi connectivity index (χ4v) is 6.29. The smallest absolute Gasteiger partial charge is 0.260 e. The molecule has 0 N–H and O–H groups in total. The first-order valence-corrected chi connectivity index (χ1v) is 14.6. The highest BCUT2D eigenvalue weighted by atomic mass is 32.2. The fraction of sp³-hybridized carbons (Fsp3) is 0.333. The molecule has 4 rings (SSSR count). The highest BCUT2D eigenvalue weighted by molar-refractivity contribution is 7.89. The number of methoxy groups -OCH3 is 2. The van der Waals surface area contributed by atoms with Crippen molar-refractivity contribution in [3.63, 3.8) is 0 Å². The number of hydrogen-bond acceptors (Lipinski definition) is 9. The van der Waals surface area contributed by atoms with Crippen LogP contribution in [0.25, 0.3) is 10.2 Å². The van der Waals surface area contributed by atoms with Crippen molar-refractivity contribution >= 4 is 42.6 Å². The zero-order chi connectivity index (χ0) is 27.8. The van der Waals surface area contributed by atoms with E-state index >= 15 is 0 Å². The van der Waals surface area contributed by atoms with Gasteiger partial charge in [-0.1, -0.05) is 17.4 Å². The second-order valence-electron chi connectivity index (χ2n) is 8.42. The quantitative estimate of drug-likeness (QED) is 0.218. The molecule has 0 atom stereocenters. The summed E-state index contributed by atoms with van der Waals surface area (Å²) in [6.45, 7) is 3.39. The molecule has 12 heteroatoms. The Kier molecular flexibility index (Phi) is 9.70. The molecule has 0 bridgehead atoms. The summed E-state index contributed by atoms with van der Waals surface area (Å²) >= 11 is 1.36. The van der Waals surface area contributed by atoms with E-state index in [2.05, 4.69) is 0 Å². The predicted octanol–water partition coefficient (Wildman–Crippen LogP) is 4.42. The number of ether oxygens (including phenoxy) is 3. The van der Waals surface area contributed by atoms with Gasteiger partial charge in [0.05, 0.1) is 42.2 Å². The molecule has 39 heavy (non-hydrogen) atoms. The number of para-hydroxylation sites is 1. The molecule has 0 aliphatic heterocycles. The van der Waals surface area contributed by atoms with E-state index in [0.717, 1.165) is 4.70 Å². The third-order valence-corrected chi connectivity index (χ3v) is 8.83. The van der Waals surface area contributed by atoms with Crippen LogP contribution < -0.4 is 9.64 Å². The van der Waals surface area contributed by atoms with Gasteiger partial charge in [0.15, 0.2) is 5.13 Å². The van der Waals surface area contributed by atoms with Crippen LogP contribution in [-0.2, 0) is 26.0 Å². The minimum absolute atomic E-state index is 0.0742. The van der Waals surface area contributed by atoms with Gasteiger partial charge in [0, 0.05) is 32.9 Å². The van der Waals surface area contributed by atoms with Crippen LogP contribution in [0.5, 0.6) is 5.75 Å². The van der Waals surface area contributed by atoms with Crippen LogP contribution in [0.4, 0.5) is 5.13 Å². The predicted molar refractivity (Wildman–Crippen MR) is 149 cm³/mol. The Morgan fingerprint density at radius 2 is 1.72 bits per heavy atom. The van der Waals surface area contributed by atoms with Crippen molar-refractivity contribution in [2.24, 2.45) is 0 Å². The Morgan fingerprint density at radius 1 is 1.00 bits per heavy atom. The lowest BCUT2D eigenvalue weighted by Crippen LogP contribution is -2.36. The van der Waals surface area contributed by atoms with Crippen molar-refractivity contribution in [1.29, 1.82) is 0 Å². The summed E-state index contributed by atoms with van der Waals surface area (Å²) in [5.41, 5.74) is 0.982. The number of benzene rings is 2. The lowest BCUT2D eigenvalue weighted by atomic mass is 10.2. The molecule has 2 heterocycles. The van der Waals surface area contributed by atoms with E-state index < -0.39 is 10.0 Å². The van der Waals surface area contributed by atoms with Crippen molar-refractivity contribution < 1.29 is 31.8 Å². The van der Waals surface area contributed by atoms with E-state index in [1.165, 1.54) is 59.0 Å². The van der Waals surface area contributed by atoms with Crippen LogP contribution in [0.3, 0.4) is 0 Å². The third kappa shape index (κ3) is 6.65. The Labute approximate surface area is 231 Å². The molecule has 0 aliphatic rings. The van der Waals surface area contributed by atoms with Crippen LogP contribution in [0, 0.1) is 0 Å². The normalized spacial score (nSPS) is 11.8. The summed E-state index contributed by atoms with van der Waals surface area (Å²) in [4.78, 5) is 20.1. The van der Waals surface area contributed by atoms with Gasteiger partial charge in [-0.15, -0.1) is 0 Å². The first kappa shape index (κ1) is 28.7. The third-order valence-electron chi connectivity index (χ3n) is 5.87. The van der Waals surface area contributed by atoms with Gasteiger partial charge in [0.1, 0.15) is 17.0 Å². The number of fused-ring (bicyclic) bond motifs is 1. The Balaban J connectivity index is 1.65. The second kappa shape index (κ2) is 13.2. The molecule has 0 aliphatic carbocycles. The van der Waals surface area contributed by atoms with E-state index in [1.54, 1.807) is 18.4 Å². The molecule has 2 aromatic carbocycles. The number of furan rings is 1. The number of thiazole rings is 1. The SMILES string of the molecule is CCOc1cccc2sc(N(Cc3ccco3)C(=O)c3ccc(S(=O)(=O)N(CCOC)CCOC)cc3)nc12. The molecular formula is C27H31N3O7S2. The van der Waals surface area contributed by atoms with Crippen LogP contribution in [0.1, 0.15) is 23.0 Å². The van der Waals surface area contributed by atoms with Gasteiger partial charge < -0.3 is 18.6 Å². The van der Waals surface area contributed by atoms with Gasteiger partial charge in [-0.3, -0.25) is 9.69 Å². The summed E-state index contributed by atoms with van der Waals surface area (Å²) in [5, 5.41) is 0.473. The first-order valence-electron chi connectivity index (χ1n) is 12.3. The standard InChI is InChI=1S/C27H31N3O7S2/c1-4-36-23-8-5-9-24-25(23)28-27(38-24)30(19-21-7-6-16-37-21)26(31)20-10-12-22(13-11-20)39(32,33)29(14-17-34-2)15-18-35-3/h5-13,16H,4,14-15,17-19H2,1-3H3. The van der Waals surface area contributed by atoms with Gasteiger partial charge in [0.2, 0.25) is 10.0 Å². The Bertz CT molecular complexity index is 1460. The zero-order valence-electron chi connectivity index (χ0n) is 22.0. The topological polar surface area (TPSA) is 111 Å². The minimum atomic E-state index is -3.82. The van der Waals surface area contributed by atoms with Crippen LogP contribution in [0.2, 0.25) is 0 Å². The summed E-state index contributed by atoms with van der Waals surface area (Å²) in [6, 6.07) is 15.1. The fourth-order valence-electron chi connectivity index (χ4n) is 3.90. The summed E-state index contributed by atoms with van der Waals surface area (Å²) < 4.78 is 50.1. The van der Waals surface area contributed by atoms with Gasteiger partial charge in [-0.05, 0) is 55.5 Å². The number of anilines is 1. The highest BCUT2D eigenvalue weighted by Gasteiger charge is 2.27. The molecule has 1 amide bonds. The lowest BCUT2D eigenvalue weighted by molar-refractivity contribution is 0.0983. The average Bonchev–Trinajstić information content (AvgIpc) is 3.62. The largest absolute Gasteiger partial charge is 0.492 e. The van der Waals surface area contributed by atoms with Crippen molar-refractivity contribution in [2.75, 3.05) is 52.0 Å². The maximum absolute atomic E-state index is 13.8. The maximum Gasteiger partial charge on any atom is 0.260 e. The molecular weight excluding hydrogens is 542 g/mol. The summed E-state index contributed by atoms with van der Waals surface area (Å²) in [6.07, 6.45) is 1.54. The number of aromatic nitrogens is 1. The molecule has 0 spiro atoms. The van der Waals surface area contributed by atoms with E-state index in [0.29, 0.717) is 34.3 Å². The van der Waals surface area contributed by atoms with Crippen LogP contribution in [0.15, 0.2) is 70.2 Å². The zero-order valence-corrected chi connectivity index (χ0v) is 23.7. The molecule has 0 saturated carbocycles. The van der Waals surface area contributed by atoms with Crippen molar-refractivity contribution in [3.8, 4) is 5.75 Å². The molecule has 0 radical (unpaired) electrons. The maximum atomic E-state index is 13.8. The number of nitrogens with zero attached hydrogens (tertiary/aromatic N) is 3. The number of carbonyl (C=O) groups excluding carboxylic acids is 1. The number of hydrogen-bond donors (Lipinski definition) is 0. The molecule has 0 saturated heterocycles. The highest BCUT2D eigenvalue weighted by Crippen LogP contribution is 2.35. The molecule has 4 aromatic rings. The van der Waals surface area contributed by atoms with Gasteiger partial charge >= 0.3 is 0 Å². The average molecular weight is 574 g/mol. The minimum Gasteiger partial charge on any atom is -0.492 e. The first-order chi connectivity index (χ1) is 18.9. The molecule has 0 fully saturated rings. The van der Waals surface area contributed by atoms with Crippen molar-refractivity contribution in [1.82, 2.24) is 9.29 Å². The number of amides is 1.